The second kappa shape index (κ2) is 8.90. The summed E-state index contributed by atoms with van der Waals surface area (Å²) in [5.74, 6) is 1.83. The Balaban J connectivity index is 1.31. The Bertz CT molecular complexity index is 1080. The Morgan fingerprint density at radius 2 is 1.97 bits per heavy atom. The molecule has 8 nitrogen and oxygen atoms in total. The summed E-state index contributed by atoms with van der Waals surface area (Å²) in [6, 6.07) is 0. The van der Waals surface area contributed by atoms with Crippen LogP contribution in [0.1, 0.15) is 80.9 Å². The van der Waals surface area contributed by atoms with Crippen LogP contribution in [0.4, 0.5) is 5.82 Å². The van der Waals surface area contributed by atoms with Gasteiger partial charge in [0, 0.05) is 23.1 Å². The highest BCUT2D eigenvalue weighted by Gasteiger charge is 2.21. The Morgan fingerprint density at radius 3 is 2.74 bits per heavy atom. The predicted octanol–water partition coefficient (Wildman–Crippen LogP) is 4.29. The van der Waals surface area contributed by atoms with E-state index >= 15 is 0 Å². The van der Waals surface area contributed by atoms with Crippen molar-refractivity contribution in [2.24, 2.45) is 0 Å². The summed E-state index contributed by atoms with van der Waals surface area (Å²) in [4.78, 5) is 27.8. The highest BCUT2D eigenvalue weighted by atomic mass is 32.1. The molecule has 166 valence electrons. The van der Waals surface area contributed by atoms with Gasteiger partial charge in [0.25, 0.3) is 0 Å². The largest absolute Gasteiger partial charge is 0.457 e. The van der Waals surface area contributed by atoms with E-state index in [0.717, 1.165) is 23.1 Å². The van der Waals surface area contributed by atoms with Gasteiger partial charge < -0.3 is 15.0 Å². The minimum Gasteiger partial charge on any atom is -0.457 e. The molecule has 0 atom stereocenters. The van der Waals surface area contributed by atoms with Crippen molar-refractivity contribution in [1.82, 2.24) is 20.1 Å². The lowest BCUT2D eigenvalue weighted by molar-refractivity contribution is -0.145. The molecular formula is C22H29N5O3S. The van der Waals surface area contributed by atoms with Crippen molar-refractivity contribution in [3.05, 3.63) is 28.0 Å². The zero-order valence-corrected chi connectivity index (χ0v) is 19.2. The van der Waals surface area contributed by atoms with Crippen LogP contribution >= 0.6 is 11.3 Å². The maximum atomic E-state index is 12.1. The van der Waals surface area contributed by atoms with Gasteiger partial charge in [-0.15, -0.1) is 11.3 Å². The quantitative estimate of drug-likeness (QED) is 0.443. The molecule has 4 rings (SSSR count). The molecule has 0 aliphatic heterocycles. The SMILES string of the molecule is CC(C)(C)c1noc(CCCC(=O)OCc2nc(N)c3c4c(sc3n2)CCCCC4)n1. The molecule has 3 heterocycles. The summed E-state index contributed by atoms with van der Waals surface area (Å²) in [5.41, 5.74) is 7.40. The lowest BCUT2D eigenvalue weighted by Gasteiger charge is -2.10. The summed E-state index contributed by atoms with van der Waals surface area (Å²) in [7, 11) is 0. The lowest BCUT2D eigenvalue weighted by atomic mass is 9.96. The highest BCUT2D eigenvalue weighted by molar-refractivity contribution is 7.19. The minimum atomic E-state index is -0.306. The van der Waals surface area contributed by atoms with E-state index in [-0.39, 0.29) is 24.4 Å². The van der Waals surface area contributed by atoms with Gasteiger partial charge in [0.1, 0.15) is 10.6 Å². The van der Waals surface area contributed by atoms with Crippen LogP contribution in [0, 0.1) is 0 Å². The molecule has 31 heavy (non-hydrogen) atoms. The summed E-state index contributed by atoms with van der Waals surface area (Å²) < 4.78 is 10.6. The molecule has 9 heteroatoms. The van der Waals surface area contributed by atoms with Crippen LogP contribution in [0.15, 0.2) is 4.52 Å². The monoisotopic (exact) mass is 443 g/mol. The minimum absolute atomic E-state index is 0.0241. The number of ether oxygens (including phenoxy) is 1. The van der Waals surface area contributed by atoms with Gasteiger partial charge >= 0.3 is 5.97 Å². The van der Waals surface area contributed by atoms with Gasteiger partial charge in [0.05, 0.1) is 5.39 Å². The van der Waals surface area contributed by atoms with E-state index in [2.05, 4.69) is 20.1 Å². The van der Waals surface area contributed by atoms with Crippen LogP contribution in [-0.2, 0) is 40.8 Å². The third-order valence-corrected chi connectivity index (χ3v) is 6.60. The van der Waals surface area contributed by atoms with Crippen molar-refractivity contribution in [2.75, 3.05) is 5.73 Å². The number of carbonyl (C=O) groups excluding carboxylic acids is 1. The van der Waals surface area contributed by atoms with Gasteiger partial charge in [0.15, 0.2) is 18.3 Å². The first-order chi connectivity index (χ1) is 14.8. The van der Waals surface area contributed by atoms with Crippen molar-refractivity contribution >= 4 is 33.3 Å². The molecule has 3 aromatic rings. The van der Waals surface area contributed by atoms with Crippen LogP contribution in [-0.4, -0.2) is 26.1 Å². The number of hydrogen-bond donors (Lipinski definition) is 1. The van der Waals surface area contributed by atoms with Crippen molar-refractivity contribution in [1.29, 1.82) is 0 Å². The fraction of sp³-hybridized carbons (Fsp3) is 0.591. The average molecular weight is 444 g/mol. The van der Waals surface area contributed by atoms with E-state index in [4.69, 9.17) is 15.0 Å². The van der Waals surface area contributed by atoms with Crippen LogP contribution in [0.3, 0.4) is 0 Å². The fourth-order valence-corrected chi connectivity index (χ4v) is 5.02. The normalized spacial score (nSPS) is 14.4. The zero-order chi connectivity index (χ0) is 22.0. The van der Waals surface area contributed by atoms with Crippen LogP contribution in [0.5, 0.6) is 0 Å². The molecule has 2 N–H and O–H groups in total. The number of nitrogens with two attached hydrogens (primary N) is 1. The van der Waals surface area contributed by atoms with Crippen LogP contribution in [0.25, 0.3) is 10.2 Å². The molecule has 0 bridgehead atoms. The standard InChI is InChI=1S/C22H29N5O3S/c1-22(2,3)21-26-16(30-27-21)10-7-11-17(28)29-12-15-24-19(23)18-13-8-5-4-6-9-14(13)31-20(18)25-15/h4-12H2,1-3H3,(H2,23,24,25). The van der Waals surface area contributed by atoms with Crippen LogP contribution in [0.2, 0.25) is 0 Å². The van der Waals surface area contributed by atoms with Crippen molar-refractivity contribution < 1.29 is 14.1 Å². The Labute approximate surface area is 185 Å². The second-order valence-electron chi connectivity index (χ2n) is 9.05. The molecule has 0 saturated heterocycles. The van der Waals surface area contributed by atoms with E-state index in [1.807, 2.05) is 20.8 Å². The molecule has 0 amide bonds. The third-order valence-electron chi connectivity index (χ3n) is 5.41. The van der Waals surface area contributed by atoms with E-state index in [0.29, 0.717) is 36.2 Å². The molecule has 1 aliphatic rings. The Kier molecular flexibility index (Phi) is 6.22. The number of thiophene rings is 1. The predicted molar refractivity (Wildman–Crippen MR) is 119 cm³/mol. The van der Waals surface area contributed by atoms with Gasteiger partial charge in [-0.1, -0.05) is 32.3 Å². The summed E-state index contributed by atoms with van der Waals surface area (Å²) in [6.45, 7) is 6.10. The molecule has 0 radical (unpaired) electrons. The van der Waals surface area contributed by atoms with Gasteiger partial charge in [-0.3, -0.25) is 4.79 Å². The molecular weight excluding hydrogens is 414 g/mol. The van der Waals surface area contributed by atoms with Crippen molar-refractivity contribution in [3.63, 3.8) is 0 Å². The molecule has 0 unspecified atom stereocenters. The topological polar surface area (TPSA) is 117 Å². The van der Waals surface area contributed by atoms with Crippen molar-refractivity contribution in [2.45, 2.75) is 84.2 Å². The highest BCUT2D eigenvalue weighted by Crippen LogP contribution is 2.37. The number of nitrogen functional groups attached to an aromatic ring is 1. The van der Waals surface area contributed by atoms with E-state index in [1.54, 1.807) is 11.3 Å². The summed E-state index contributed by atoms with van der Waals surface area (Å²) >= 11 is 1.70. The van der Waals surface area contributed by atoms with Gasteiger partial charge in [-0.05, 0) is 37.7 Å². The summed E-state index contributed by atoms with van der Waals surface area (Å²) in [6.07, 6.45) is 7.13. The molecule has 0 aromatic carbocycles. The molecule has 0 fully saturated rings. The van der Waals surface area contributed by atoms with Crippen LogP contribution < -0.4 is 5.73 Å². The smallest absolute Gasteiger partial charge is 0.306 e. The number of carbonyl (C=O) groups is 1. The number of nitrogens with zero attached hydrogens (tertiary/aromatic N) is 4. The number of aryl methyl sites for hydroxylation is 3. The zero-order valence-electron chi connectivity index (χ0n) is 18.4. The first-order valence-corrected chi connectivity index (χ1v) is 11.7. The Hall–Kier alpha value is -2.55. The number of esters is 1. The maximum absolute atomic E-state index is 12.1. The molecule has 0 spiro atoms. The second-order valence-corrected chi connectivity index (χ2v) is 10.1. The number of hydrogen-bond acceptors (Lipinski definition) is 9. The third kappa shape index (κ3) is 5.03. The van der Waals surface area contributed by atoms with E-state index in [1.165, 1.54) is 29.7 Å². The number of rotatable bonds is 6. The fourth-order valence-electron chi connectivity index (χ4n) is 3.74. The first-order valence-electron chi connectivity index (χ1n) is 10.9. The molecule has 0 saturated carbocycles. The first kappa shape index (κ1) is 21.7. The maximum Gasteiger partial charge on any atom is 0.306 e. The number of fused-ring (bicyclic) bond motifs is 3. The Morgan fingerprint density at radius 1 is 1.16 bits per heavy atom. The van der Waals surface area contributed by atoms with Crippen molar-refractivity contribution in [3.8, 4) is 0 Å². The van der Waals surface area contributed by atoms with E-state index in [9.17, 15) is 4.79 Å². The molecule has 1 aliphatic carbocycles. The lowest BCUT2D eigenvalue weighted by Crippen LogP contribution is -2.13. The van der Waals surface area contributed by atoms with Gasteiger partial charge in [-0.2, -0.15) is 4.98 Å². The average Bonchev–Trinajstić information content (AvgIpc) is 3.25. The molecule has 3 aromatic heterocycles. The number of aromatic nitrogens is 4. The number of anilines is 1. The van der Waals surface area contributed by atoms with Gasteiger partial charge in [-0.25, -0.2) is 9.97 Å². The summed E-state index contributed by atoms with van der Waals surface area (Å²) in [5, 5.41) is 4.99. The van der Waals surface area contributed by atoms with E-state index < -0.39 is 0 Å². The van der Waals surface area contributed by atoms with Gasteiger partial charge in [0.2, 0.25) is 5.89 Å².